The quantitative estimate of drug-likeness (QED) is 0.361. The molecule has 0 amide bonds. The van der Waals surface area contributed by atoms with Gasteiger partial charge in [-0.1, -0.05) is 0 Å². The number of aliphatic hydroxyl groups excluding tert-OH is 4. The maximum Gasteiger partial charge on any atom is 0.114 e. The second kappa shape index (κ2) is 3.46. The predicted molar refractivity (Wildman–Crippen MR) is 34.8 cm³/mol. The summed E-state index contributed by atoms with van der Waals surface area (Å²) >= 11 is 0. The molecular weight excluding hydrogens is 152 g/mol. The summed E-state index contributed by atoms with van der Waals surface area (Å²) in [6, 6.07) is 0. The average molecular weight is 164 g/mol. The summed E-state index contributed by atoms with van der Waals surface area (Å²) < 4.78 is 4.82. The van der Waals surface area contributed by atoms with Crippen LogP contribution in [0, 0.1) is 0 Å². The fourth-order valence-corrected chi connectivity index (χ4v) is 1.07. The van der Waals surface area contributed by atoms with Crippen molar-refractivity contribution in [2.75, 3.05) is 13.2 Å². The molecule has 1 aliphatic rings. The number of hydrogen-bond acceptors (Lipinski definition) is 5. The first-order valence-corrected chi connectivity index (χ1v) is 3.43. The maximum atomic E-state index is 9.11. The van der Waals surface area contributed by atoms with Crippen LogP contribution in [0.3, 0.4) is 0 Å². The highest BCUT2D eigenvalue weighted by molar-refractivity contribution is 4.87. The Labute approximate surface area is 63.8 Å². The highest BCUT2D eigenvalue weighted by atomic mass is 16.5. The molecule has 0 spiro atoms. The third-order valence-corrected chi connectivity index (χ3v) is 1.76. The highest BCUT2D eigenvalue weighted by Gasteiger charge is 2.38. The molecule has 11 heavy (non-hydrogen) atoms. The van der Waals surface area contributed by atoms with E-state index < -0.39 is 31.0 Å². The minimum absolute atomic E-state index is 0.00287. The van der Waals surface area contributed by atoms with Crippen LogP contribution in [0.5, 0.6) is 0 Å². The van der Waals surface area contributed by atoms with Gasteiger partial charge in [-0.3, -0.25) is 0 Å². The molecule has 0 unspecified atom stereocenters. The Balaban J connectivity index is 2.47. The third-order valence-electron chi connectivity index (χ3n) is 1.76. The zero-order valence-electron chi connectivity index (χ0n) is 5.92. The van der Waals surface area contributed by atoms with Crippen molar-refractivity contribution in [2.24, 2.45) is 0 Å². The van der Waals surface area contributed by atoms with Gasteiger partial charge in [-0.15, -0.1) is 0 Å². The lowest BCUT2D eigenvalue weighted by Gasteiger charge is -2.18. The molecule has 1 rings (SSSR count). The van der Waals surface area contributed by atoms with Gasteiger partial charge in [-0.2, -0.15) is 0 Å². The van der Waals surface area contributed by atoms with Crippen molar-refractivity contribution >= 4 is 0 Å². The maximum absolute atomic E-state index is 9.11. The minimum Gasteiger partial charge on any atom is -0.394 e. The van der Waals surface area contributed by atoms with E-state index in [1.54, 1.807) is 0 Å². The van der Waals surface area contributed by atoms with Gasteiger partial charge < -0.3 is 25.2 Å². The standard InChI is InChI=1S/C6H12O5/c7-1-3(8)6-5(10)4(9)2-11-6/h3-10H,1-2H2/t3-,4-,5-,6+/m1/s1. The van der Waals surface area contributed by atoms with Crippen LogP contribution in [0.1, 0.15) is 0 Å². The number of hydrogen-bond donors (Lipinski definition) is 4. The Hall–Kier alpha value is -0.200. The Morgan fingerprint density at radius 3 is 2.45 bits per heavy atom. The van der Waals surface area contributed by atoms with E-state index >= 15 is 0 Å². The smallest absolute Gasteiger partial charge is 0.114 e. The molecule has 66 valence electrons. The summed E-state index contributed by atoms with van der Waals surface area (Å²) in [6.07, 6.45) is -4.05. The molecule has 0 aromatic carbocycles. The first kappa shape index (κ1) is 8.89. The molecule has 0 bridgehead atoms. The van der Waals surface area contributed by atoms with Crippen LogP contribution >= 0.6 is 0 Å². The molecule has 1 fully saturated rings. The van der Waals surface area contributed by atoms with Crippen LogP contribution in [-0.4, -0.2) is 58.1 Å². The average Bonchev–Trinajstić information content (AvgIpc) is 2.32. The zero-order chi connectivity index (χ0) is 8.43. The van der Waals surface area contributed by atoms with Gasteiger partial charge in [0.05, 0.1) is 13.2 Å². The van der Waals surface area contributed by atoms with Crippen molar-refractivity contribution in [3.8, 4) is 0 Å². The van der Waals surface area contributed by atoms with Gasteiger partial charge in [0.25, 0.3) is 0 Å². The Morgan fingerprint density at radius 2 is 2.09 bits per heavy atom. The summed E-state index contributed by atoms with van der Waals surface area (Å²) in [5.41, 5.74) is 0. The van der Waals surface area contributed by atoms with E-state index in [2.05, 4.69) is 0 Å². The Morgan fingerprint density at radius 1 is 1.45 bits per heavy atom. The third kappa shape index (κ3) is 1.69. The van der Waals surface area contributed by atoms with Crippen molar-refractivity contribution in [3.05, 3.63) is 0 Å². The van der Waals surface area contributed by atoms with Gasteiger partial charge in [0.15, 0.2) is 0 Å². The van der Waals surface area contributed by atoms with Crippen LogP contribution in [-0.2, 0) is 4.74 Å². The molecular formula is C6H12O5. The molecule has 0 aliphatic carbocycles. The van der Waals surface area contributed by atoms with E-state index in [-0.39, 0.29) is 6.61 Å². The van der Waals surface area contributed by atoms with Crippen LogP contribution in [0.15, 0.2) is 0 Å². The van der Waals surface area contributed by atoms with Gasteiger partial charge >= 0.3 is 0 Å². The lowest BCUT2D eigenvalue weighted by molar-refractivity contribution is -0.0684. The van der Waals surface area contributed by atoms with Gasteiger partial charge in [-0.05, 0) is 0 Å². The fourth-order valence-electron chi connectivity index (χ4n) is 1.07. The van der Waals surface area contributed by atoms with E-state index in [1.807, 2.05) is 0 Å². The van der Waals surface area contributed by atoms with Crippen molar-refractivity contribution in [2.45, 2.75) is 24.4 Å². The normalized spacial score (nSPS) is 40.9. The van der Waals surface area contributed by atoms with Crippen molar-refractivity contribution < 1.29 is 25.2 Å². The van der Waals surface area contributed by atoms with Crippen LogP contribution in [0.4, 0.5) is 0 Å². The van der Waals surface area contributed by atoms with Crippen LogP contribution in [0.2, 0.25) is 0 Å². The lowest BCUT2D eigenvalue weighted by atomic mass is 10.1. The monoisotopic (exact) mass is 164 g/mol. The SMILES string of the molecule is OC[C@@H](O)[C@@H]1OC[C@@H](O)[C@H]1O. The molecule has 1 aliphatic heterocycles. The topological polar surface area (TPSA) is 90.2 Å². The van der Waals surface area contributed by atoms with E-state index in [0.29, 0.717) is 0 Å². The first-order chi connectivity index (χ1) is 5.16. The van der Waals surface area contributed by atoms with E-state index in [9.17, 15) is 0 Å². The van der Waals surface area contributed by atoms with Crippen molar-refractivity contribution in [3.63, 3.8) is 0 Å². The summed E-state index contributed by atoms with van der Waals surface area (Å²) in [5, 5.41) is 35.5. The molecule has 1 saturated heterocycles. The molecule has 1 heterocycles. The molecule has 4 N–H and O–H groups in total. The number of ether oxygens (including phenoxy) is 1. The van der Waals surface area contributed by atoms with Gasteiger partial charge in [-0.25, -0.2) is 0 Å². The summed E-state index contributed by atoms with van der Waals surface area (Å²) in [7, 11) is 0. The molecule has 5 heteroatoms. The summed E-state index contributed by atoms with van der Waals surface area (Å²) in [6.45, 7) is -0.475. The van der Waals surface area contributed by atoms with Crippen LogP contribution in [0.25, 0.3) is 0 Å². The van der Waals surface area contributed by atoms with Gasteiger partial charge in [0.1, 0.15) is 24.4 Å². The second-order valence-corrected chi connectivity index (χ2v) is 2.61. The van der Waals surface area contributed by atoms with E-state index in [1.165, 1.54) is 0 Å². The fraction of sp³-hybridized carbons (Fsp3) is 1.00. The minimum atomic E-state index is -1.12. The largest absolute Gasteiger partial charge is 0.394 e. The zero-order valence-corrected chi connectivity index (χ0v) is 5.92. The lowest BCUT2D eigenvalue weighted by Crippen LogP contribution is -2.40. The number of rotatable bonds is 2. The van der Waals surface area contributed by atoms with Crippen molar-refractivity contribution in [1.82, 2.24) is 0 Å². The van der Waals surface area contributed by atoms with Gasteiger partial charge in [0.2, 0.25) is 0 Å². The summed E-state index contributed by atoms with van der Waals surface area (Å²) in [4.78, 5) is 0. The van der Waals surface area contributed by atoms with Crippen LogP contribution < -0.4 is 0 Å². The van der Waals surface area contributed by atoms with Crippen molar-refractivity contribution in [1.29, 1.82) is 0 Å². The number of aliphatic hydroxyl groups is 4. The predicted octanol–water partition coefficient (Wildman–Crippen LogP) is -2.54. The molecule has 0 aromatic heterocycles. The second-order valence-electron chi connectivity index (χ2n) is 2.61. The van der Waals surface area contributed by atoms with E-state index in [4.69, 9.17) is 25.2 Å². The highest BCUT2D eigenvalue weighted by Crippen LogP contribution is 2.16. The Kier molecular flexibility index (Phi) is 2.80. The molecule has 0 saturated carbocycles. The van der Waals surface area contributed by atoms with Gasteiger partial charge in [0, 0.05) is 0 Å². The molecule has 5 nitrogen and oxygen atoms in total. The van der Waals surface area contributed by atoms with E-state index in [0.717, 1.165) is 0 Å². The Bertz CT molecular complexity index is 128. The molecule has 0 aromatic rings. The first-order valence-electron chi connectivity index (χ1n) is 3.43. The summed E-state index contributed by atoms with van der Waals surface area (Å²) in [5.74, 6) is 0. The molecule has 0 radical (unpaired) electrons. The molecule has 4 atom stereocenters.